The SMILES string of the molecule is CCOP(=O)(CC1CC(=O)O1)OCC. The highest BCUT2D eigenvalue weighted by Gasteiger charge is 2.37. The first-order valence-electron chi connectivity index (χ1n) is 4.67. The van der Waals surface area contributed by atoms with E-state index in [-0.39, 0.29) is 18.2 Å². The number of hydrogen-bond acceptors (Lipinski definition) is 5. The molecule has 1 fully saturated rings. The van der Waals surface area contributed by atoms with Crippen LogP contribution in [0, 0.1) is 0 Å². The van der Waals surface area contributed by atoms with Crippen LogP contribution >= 0.6 is 7.60 Å². The van der Waals surface area contributed by atoms with E-state index in [0.717, 1.165) is 0 Å². The maximum atomic E-state index is 11.9. The van der Waals surface area contributed by atoms with Gasteiger partial charge in [-0.15, -0.1) is 0 Å². The quantitative estimate of drug-likeness (QED) is 0.504. The van der Waals surface area contributed by atoms with E-state index in [1.807, 2.05) is 0 Å². The van der Waals surface area contributed by atoms with Gasteiger partial charge in [-0.1, -0.05) is 0 Å². The fraction of sp³-hybridized carbons (Fsp3) is 0.875. The fourth-order valence-corrected chi connectivity index (χ4v) is 3.02. The van der Waals surface area contributed by atoms with E-state index in [1.165, 1.54) is 0 Å². The van der Waals surface area contributed by atoms with E-state index in [0.29, 0.717) is 19.6 Å². The molecule has 14 heavy (non-hydrogen) atoms. The average Bonchev–Trinajstić information content (AvgIpc) is 2.02. The highest BCUT2D eigenvalue weighted by molar-refractivity contribution is 7.53. The summed E-state index contributed by atoms with van der Waals surface area (Å²) in [4.78, 5) is 10.5. The van der Waals surface area contributed by atoms with Crippen LogP contribution in [-0.2, 0) is 23.1 Å². The molecule has 0 bridgehead atoms. The molecule has 0 amide bonds. The summed E-state index contributed by atoms with van der Waals surface area (Å²) in [5, 5.41) is 0. The van der Waals surface area contributed by atoms with Crippen molar-refractivity contribution in [1.29, 1.82) is 0 Å². The topological polar surface area (TPSA) is 61.8 Å². The van der Waals surface area contributed by atoms with Crippen molar-refractivity contribution in [3.8, 4) is 0 Å². The molecule has 0 N–H and O–H groups in total. The van der Waals surface area contributed by atoms with E-state index < -0.39 is 7.60 Å². The predicted octanol–water partition coefficient (Wildman–Crippen LogP) is 1.57. The third kappa shape index (κ3) is 3.08. The summed E-state index contributed by atoms with van der Waals surface area (Å²) in [6.07, 6.45) is 0.177. The zero-order valence-corrected chi connectivity index (χ0v) is 9.29. The first kappa shape index (κ1) is 11.7. The van der Waals surface area contributed by atoms with Gasteiger partial charge in [-0.2, -0.15) is 0 Å². The summed E-state index contributed by atoms with van der Waals surface area (Å²) in [5.41, 5.74) is 0. The molecule has 82 valence electrons. The highest BCUT2D eigenvalue weighted by atomic mass is 31.2. The van der Waals surface area contributed by atoms with Crippen LogP contribution in [0.5, 0.6) is 0 Å². The molecular formula is C8H15O5P. The number of cyclic esters (lactones) is 1. The summed E-state index contributed by atoms with van der Waals surface area (Å²) < 4.78 is 26.8. The number of carbonyl (C=O) groups is 1. The van der Waals surface area contributed by atoms with E-state index in [2.05, 4.69) is 0 Å². The summed E-state index contributed by atoms with van der Waals surface area (Å²) in [6.45, 7) is 4.16. The number of esters is 1. The number of hydrogen-bond donors (Lipinski definition) is 0. The number of carbonyl (C=O) groups excluding carboxylic acids is 1. The largest absolute Gasteiger partial charge is 0.461 e. The summed E-state index contributed by atoms with van der Waals surface area (Å²) in [6, 6.07) is 0. The molecule has 0 aromatic heterocycles. The zero-order valence-electron chi connectivity index (χ0n) is 8.39. The van der Waals surface area contributed by atoms with E-state index >= 15 is 0 Å². The monoisotopic (exact) mass is 222 g/mol. The Labute approximate surface area is 83.3 Å². The van der Waals surface area contributed by atoms with E-state index in [9.17, 15) is 9.36 Å². The Kier molecular flexibility index (Phi) is 4.11. The van der Waals surface area contributed by atoms with Crippen molar-refractivity contribution in [2.45, 2.75) is 26.4 Å². The average molecular weight is 222 g/mol. The van der Waals surface area contributed by atoms with Gasteiger partial charge in [0.25, 0.3) is 0 Å². The normalized spacial score (nSPS) is 21.6. The molecular weight excluding hydrogens is 207 g/mol. The molecule has 1 heterocycles. The van der Waals surface area contributed by atoms with Crippen molar-refractivity contribution >= 4 is 13.6 Å². The van der Waals surface area contributed by atoms with Crippen molar-refractivity contribution in [2.75, 3.05) is 19.4 Å². The van der Waals surface area contributed by atoms with Crippen LogP contribution in [0.2, 0.25) is 0 Å². The van der Waals surface area contributed by atoms with Gasteiger partial charge in [-0.25, -0.2) is 0 Å². The molecule has 6 heteroatoms. The Hall–Kier alpha value is -0.380. The minimum Gasteiger partial charge on any atom is -0.461 e. The Balaban J connectivity index is 2.42. The smallest absolute Gasteiger partial charge is 0.334 e. The molecule has 0 radical (unpaired) electrons. The van der Waals surface area contributed by atoms with Crippen molar-refractivity contribution in [2.24, 2.45) is 0 Å². The molecule has 1 aliphatic rings. The highest BCUT2D eigenvalue weighted by Crippen LogP contribution is 2.50. The molecule has 1 unspecified atom stereocenters. The molecule has 0 aromatic rings. The van der Waals surface area contributed by atoms with Gasteiger partial charge in [0, 0.05) is 0 Å². The predicted molar refractivity (Wildman–Crippen MR) is 50.2 cm³/mol. The lowest BCUT2D eigenvalue weighted by Gasteiger charge is -2.28. The van der Waals surface area contributed by atoms with E-state index in [4.69, 9.17) is 13.8 Å². The van der Waals surface area contributed by atoms with Crippen LogP contribution in [0.3, 0.4) is 0 Å². The van der Waals surface area contributed by atoms with Crippen molar-refractivity contribution in [3.63, 3.8) is 0 Å². The number of rotatable bonds is 6. The molecule has 1 atom stereocenters. The van der Waals surface area contributed by atoms with Gasteiger partial charge in [-0.3, -0.25) is 9.36 Å². The molecule has 0 spiro atoms. The molecule has 0 aromatic carbocycles. The standard InChI is InChI=1S/C8H15O5P/c1-3-11-14(10,12-4-2)6-7-5-8(9)13-7/h7H,3-6H2,1-2H3. The molecule has 0 saturated carbocycles. The molecule has 0 aliphatic carbocycles. The molecule has 5 nitrogen and oxygen atoms in total. The van der Waals surface area contributed by atoms with Crippen LogP contribution in [0.15, 0.2) is 0 Å². The minimum atomic E-state index is -3.04. The maximum Gasteiger partial charge on any atom is 0.334 e. The lowest BCUT2D eigenvalue weighted by molar-refractivity contribution is -0.167. The third-order valence-electron chi connectivity index (χ3n) is 1.77. The Morgan fingerprint density at radius 1 is 1.43 bits per heavy atom. The van der Waals surface area contributed by atoms with E-state index in [1.54, 1.807) is 13.8 Å². The van der Waals surface area contributed by atoms with Crippen molar-refractivity contribution in [1.82, 2.24) is 0 Å². The second-order valence-corrected chi connectivity index (χ2v) is 5.05. The van der Waals surface area contributed by atoms with Gasteiger partial charge in [0.1, 0.15) is 6.10 Å². The van der Waals surface area contributed by atoms with Crippen LogP contribution < -0.4 is 0 Å². The fourth-order valence-electron chi connectivity index (χ4n) is 1.25. The molecule has 1 rings (SSSR count). The van der Waals surface area contributed by atoms with Crippen molar-refractivity contribution < 1.29 is 23.1 Å². The Morgan fingerprint density at radius 3 is 2.29 bits per heavy atom. The summed E-state index contributed by atoms with van der Waals surface area (Å²) in [7, 11) is -3.04. The maximum absolute atomic E-state index is 11.9. The Bertz CT molecular complexity index is 234. The third-order valence-corrected chi connectivity index (χ3v) is 3.93. The van der Waals surface area contributed by atoms with Crippen molar-refractivity contribution in [3.05, 3.63) is 0 Å². The van der Waals surface area contributed by atoms with Crippen LogP contribution in [0.25, 0.3) is 0 Å². The zero-order chi connectivity index (χ0) is 10.6. The Morgan fingerprint density at radius 2 is 1.93 bits per heavy atom. The lowest BCUT2D eigenvalue weighted by atomic mass is 10.2. The minimum absolute atomic E-state index is 0.167. The first-order chi connectivity index (χ1) is 6.59. The first-order valence-corrected chi connectivity index (χ1v) is 6.40. The van der Waals surface area contributed by atoms with Crippen LogP contribution in [0.1, 0.15) is 20.3 Å². The van der Waals surface area contributed by atoms with Gasteiger partial charge >= 0.3 is 13.6 Å². The van der Waals surface area contributed by atoms with Crippen LogP contribution in [0.4, 0.5) is 0 Å². The second-order valence-electron chi connectivity index (χ2n) is 2.95. The van der Waals surface area contributed by atoms with Gasteiger partial charge in [0.2, 0.25) is 0 Å². The summed E-state index contributed by atoms with van der Waals surface area (Å²) in [5.74, 6) is -0.255. The molecule has 1 saturated heterocycles. The van der Waals surface area contributed by atoms with Gasteiger partial charge in [-0.05, 0) is 13.8 Å². The molecule has 1 aliphatic heterocycles. The lowest BCUT2D eigenvalue weighted by Crippen LogP contribution is -2.35. The van der Waals surface area contributed by atoms with Crippen LogP contribution in [-0.4, -0.2) is 31.4 Å². The van der Waals surface area contributed by atoms with Gasteiger partial charge in [0.15, 0.2) is 0 Å². The summed E-state index contributed by atoms with van der Waals surface area (Å²) >= 11 is 0. The number of ether oxygens (including phenoxy) is 1. The van der Waals surface area contributed by atoms with Gasteiger partial charge in [0.05, 0.1) is 25.8 Å². The second kappa shape index (κ2) is 4.91. The van der Waals surface area contributed by atoms with Gasteiger partial charge < -0.3 is 13.8 Å².